The summed E-state index contributed by atoms with van der Waals surface area (Å²) in [5.41, 5.74) is -0.807. The SMILES string of the molecule is CCOC(=O)CC(C#N)(CC(=O)OCC)c1ccc(Cl)c(Cl)c1.CCOC(=O)CC1(c2ccc(Cl)c(Cl)c2)CNC(=O)C1. The summed E-state index contributed by atoms with van der Waals surface area (Å²) < 4.78 is 14.8. The molecular weight excluding hydrogens is 642 g/mol. The average molecular weight is 674 g/mol. The second-order valence-corrected chi connectivity index (χ2v) is 11.3. The molecule has 0 saturated carbocycles. The second-order valence-electron chi connectivity index (χ2n) is 9.63. The number of carbonyl (C=O) groups excluding carboxylic acids is 4. The fraction of sp³-hybridized carbons (Fsp3) is 0.433. The lowest BCUT2D eigenvalue weighted by molar-refractivity contribution is -0.147. The number of carbonyl (C=O) groups is 4. The summed E-state index contributed by atoms with van der Waals surface area (Å²) >= 11 is 23.8. The Balaban J connectivity index is 0.000000303. The van der Waals surface area contributed by atoms with Crippen LogP contribution in [0.3, 0.4) is 0 Å². The van der Waals surface area contributed by atoms with E-state index < -0.39 is 22.8 Å². The predicted octanol–water partition coefficient (Wildman–Crippen LogP) is 6.37. The first-order valence-electron chi connectivity index (χ1n) is 13.4. The molecule has 0 aromatic heterocycles. The molecule has 2 aromatic rings. The van der Waals surface area contributed by atoms with Crippen LogP contribution in [0.2, 0.25) is 20.1 Å². The number of hydrogen-bond acceptors (Lipinski definition) is 8. The van der Waals surface area contributed by atoms with E-state index in [0.717, 1.165) is 5.56 Å². The molecule has 3 rings (SSSR count). The zero-order valence-corrected chi connectivity index (χ0v) is 27.0. The molecule has 2 aromatic carbocycles. The number of nitrogens with one attached hydrogen (secondary N) is 1. The number of amides is 1. The molecule has 0 radical (unpaired) electrons. The molecule has 0 aliphatic carbocycles. The molecule has 232 valence electrons. The summed E-state index contributed by atoms with van der Waals surface area (Å²) in [6.07, 6.45) is -0.191. The Morgan fingerprint density at radius 2 is 1.35 bits per heavy atom. The highest BCUT2D eigenvalue weighted by Gasteiger charge is 2.42. The van der Waals surface area contributed by atoms with Crippen molar-refractivity contribution in [3.63, 3.8) is 0 Å². The van der Waals surface area contributed by atoms with Crippen molar-refractivity contribution in [1.29, 1.82) is 5.26 Å². The molecule has 43 heavy (non-hydrogen) atoms. The summed E-state index contributed by atoms with van der Waals surface area (Å²) in [5.74, 6) is -1.57. The highest BCUT2D eigenvalue weighted by atomic mass is 35.5. The monoisotopic (exact) mass is 672 g/mol. The molecule has 0 bridgehead atoms. The van der Waals surface area contributed by atoms with Crippen LogP contribution in [0, 0.1) is 11.3 Å². The van der Waals surface area contributed by atoms with Crippen molar-refractivity contribution in [2.45, 2.75) is 57.3 Å². The lowest BCUT2D eigenvalue weighted by Crippen LogP contribution is -2.32. The van der Waals surface area contributed by atoms with Gasteiger partial charge in [0.05, 0.1) is 65.2 Å². The van der Waals surface area contributed by atoms with Gasteiger partial charge in [-0.2, -0.15) is 5.26 Å². The first kappa shape index (κ1) is 36.2. The highest BCUT2D eigenvalue weighted by Crippen LogP contribution is 2.38. The van der Waals surface area contributed by atoms with Crippen molar-refractivity contribution in [2.75, 3.05) is 26.4 Å². The third-order valence-electron chi connectivity index (χ3n) is 6.63. The van der Waals surface area contributed by atoms with Gasteiger partial charge in [0, 0.05) is 18.4 Å². The summed E-state index contributed by atoms with van der Waals surface area (Å²) in [7, 11) is 0. The molecule has 1 heterocycles. The molecule has 1 aliphatic rings. The van der Waals surface area contributed by atoms with Crippen LogP contribution >= 0.6 is 46.4 Å². The maximum atomic E-state index is 11.9. The van der Waals surface area contributed by atoms with Crippen molar-refractivity contribution < 1.29 is 33.4 Å². The van der Waals surface area contributed by atoms with Crippen molar-refractivity contribution >= 4 is 70.2 Å². The number of hydrogen-bond donors (Lipinski definition) is 1. The Labute approximate surface area is 270 Å². The van der Waals surface area contributed by atoms with Gasteiger partial charge < -0.3 is 19.5 Å². The predicted molar refractivity (Wildman–Crippen MR) is 163 cm³/mol. The largest absolute Gasteiger partial charge is 0.466 e. The van der Waals surface area contributed by atoms with Crippen molar-refractivity contribution in [3.05, 3.63) is 67.6 Å². The van der Waals surface area contributed by atoms with Gasteiger partial charge in [-0.05, 0) is 56.2 Å². The van der Waals surface area contributed by atoms with E-state index in [-0.39, 0.29) is 55.8 Å². The molecule has 1 amide bonds. The zero-order chi connectivity index (χ0) is 32.2. The zero-order valence-electron chi connectivity index (χ0n) is 23.9. The van der Waals surface area contributed by atoms with E-state index in [1.54, 1.807) is 45.0 Å². The number of benzene rings is 2. The lowest BCUT2D eigenvalue weighted by atomic mass is 9.76. The maximum absolute atomic E-state index is 11.9. The van der Waals surface area contributed by atoms with Crippen LogP contribution in [-0.2, 0) is 44.2 Å². The van der Waals surface area contributed by atoms with Gasteiger partial charge in [0.25, 0.3) is 0 Å². The van der Waals surface area contributed by atoms with Crippen LogP contribution in [0.1, 0.15) is 57.6 Å². The molecule has 1 fully saturated rings. The van der Waals surface area contributed by atoms with Crippen LogP contribution in [0.5, 0.6) is 0 Å². The van der Waals surface area contributed by atoms with Gasteiger partial charge in [0.1, 0.15) is 5.41 Å². The fourth-order valence-corrected chi connectivity index (χ4v) is 5.16. The van der Waals surface area contributed by atoms with Crippen LogP contribution in [0.15, 0.2) is 36.4 Å². The van der Waals surface area contributed by atoms with Gasteiger partial charge in [-0.3, -0.25) is 19.2 Å². The minimum absolute atomic E-state index is 0.0830. The Kier molecular flexibility index (Phi) is 14.1. The molecule has 1 saturated heterocycles. The molecular formula is C30H32Cl4N2O7. The normalized spacial score (nSPS) is 15.8. The molecule has 1 unspecified atom stereocenters. The van der Waals surface area contributed by atoms with Gasteiger partial charge in [-0.15, -0.1) is 0 Å². The quantitative estimate of drug-likeness (QED) is 0.215. The topological polar surface area (TPSA) is 132 Å². The fourth-order valence-electron chi connectivity index (χ4n) is 4.57. The number of ether oxygens (including phenoxy) is 3. The average Bonchev–Trinajstić information content (AvgIpc) is 3.32. The van der Waals surface area contributed by atoms with E-state index in [1.165, 1.54) is 12.1 Å². The van der Waals surface area contributed by atoms with E-state index in [2.05, 4.69) is 11.4 Å². The van der Waals surface area contributed by atoms with E-state index >= 15 is 0 Å². The number of rotatable bonds is 11. The molecule has 1 atom stereocenters. The third-order valence-corrected chi connectivity index (χ3v) is 8.11. The summed E-state index contributed by atoms with van der Waals surface area (Å²) in [4.78, 5) is 47.2. The number of esters is 3. The van der Waals surface area contributed by atoms with Crippen molar-refractivity contribution in [3.8, 4) is 6.07 Å². The lowest BCUT2D eigenvalue weighted by Gasteiger charge is -2.27. The smallest absolute Gasteiger partial charge is 0.307 e. The van der Waals surface area contributed by atoms with Crippen molar-refractivity contribution in [1.82, 2.24) is 5.32 Å². The van der Waals surface area contributed by atoms with E-state index in [1.807, 2.05) is 0 Å². The van der Waals surface area contributed by atoms with Crippen LogP contribution in [0.4, 0.5) is 0 Å². The van der Waals surface area contributed by atoms with Crippen LogP contribution < -0.4 is 5.32 Å². The number of nitrogens with zero attached hydrogens (tertiary/aromatic N) is 1. The first-order chi connectivity index (χ1) is 20.3. The van der Waals surface area contributed by atoms with Crippen molar-refractivity contribution in [2.24, 2.45) is 0 Å². The van der Waals surface area contributed by atoms with E-state index in [4.69, 9.17) is 60.6 Å². The Hall–Kier alpha value is -3.03. The van der Waals surface area contributed by atoms with Gasteiger partial charge in [0.2, 0.25) is 5.91 Å². The molecule has 1 N–H and O–H groups in total. The Morgan fingerprint density at radius 1 is 0.837 bits per heavy atom. The van der Waals surface area contributed by atoms with E-state index in [0.29, 0.717) is 33.8 Å². The van der Waals surface area contributed by atoms with Gasteiger partial charge in [-0.25, -0.2) is 0 Å². The molecule has 9 nitrogen and oxygen atoms in total. The molecule has 0 spiro atoms. The summed E-state index contributed by atoms with van der Waals surface area (Å²) in [6, 6.07) is 11.8. The summed E-state index contributed by atoms with van der Waals surface area (Å²) in [6.45, 7) is 6.15. The minimum atomic E-state index is -1.42. The number of halogens is 4. The Bertz CT molecular complexity index is 1360. The van der Waals surface area contributed by atoms with Gasteiger partial charge in [0.15, 0.2) is 0 Å². The standard InChI is InChI=1S/C16H17Cl2NO4.C14H15Cl2NO3/c1-3-22-14(20)8-16(10-19,9-15(21)23-4-2)11-5-6-12(17)13(18)7-11;1-2-20-13(19)7-14(6-12(18)17-8-14)9-3-4-10(15)11(16)5-9/h5-7H,3-4,8-9H2,1-2H3;3-5H,2,6-8H2,1H3,(H,17,18). The maximum Gasteiger partial charge on any atom is 0.307 e. The van der Waals surface area contributed by atoms with Crippen LogP contribution in [0.25, 0.3) is 0 Å². The van der Waals surface area contributed by atoms with Gasteiger partial charge >= 0.3 is 17.9 Å². The summed E-state index contributed by atoms with van der Waals surface area (Å²) in [5, 5.41) is 13.9. The minimum Gasteiger partial charge on any atom is -0.466 e. The second kappa shape index (κ2) is 16.7. The van der Waals surface area contributed by atoms with Crippen LogP contribution in [-0.4, -0.2) is 50.2 Å². The van der Waals surface area contributed by atoms with Gasteiger partial charge in [-0.1, -0.05) is 58.5 Å². The Morgan fingerprint density at radius 3 is 1.79 bits per heavy atom. The first-order valence-corrected chi connectivity index (χ1v) is 14.9. The van der Waals surface area contributed by atoms with E-state index in [9.17, 15) is 24.4 Å². The highest BCUT2D eigenvalue weighted by molar-refractivity contribution is 6.42. The molecule has 1 aliphatic heterocycles. The molecule has 13 heteroatoms. The third kappa shape index (κ3) is 10.0. The number of nitriles is 1.